The van der Waals surface area contributed by atoms with Gasteiger partial charge in [0.2, 0.25) is 0 Å². The van der Waals surface area contributed by atoms with Crippen molar-refractivity contribution in [3.8, 4) is 0 Å². The van der Waals surface area contributed by atoms with E-state index >= 15 is 0 Å². The molecule has 12 heavy (non-hydrogen) atoms. The van der Waals surface area contributed by atoms with Crippen LogP contribution in [-0.2, 0) is 14.6 Å². The SMILES string of the molecule is CC(C)(C)C1CC(=O)CS1(=O)=O. The van der Waals surface area contributed by atoms with Crippen LogP contribution in [-0.4, -0.2) is 25.2 Å². The highest BCUT2D eigenvalue weighted by Crippen LogP contribution is 2.33. The Morgan fingerprint density at radius 1 is 1.33 bits per heavy atom. The maximum Gasteiger partial charge on any atom is 0.161 e. The minimum absolute atomic E-state index is 0.144. The standard InChI is InChI=1S/C8H14O3S/c1-8(2,3)7-4-6(9)5-12(7,10)11/h7H,4-5H2,1-3H3. The number of ketones is 1. The Morgan fingerprint density at radius 3 is 2.00 bits per heavy atom. The molecule has 0 aromatic carbocycles. The average molecular weight is 190 g/mol. The first-order chi connectivity index (χ1) is 5.23. The van der Waals surface area contributed by atoms with E-state index in [0.29, 0.717) is 0 Å². The molecule has 0 spiro atoms. The Bertz CT molecular complexity index is 295. The van der Waals surface area contributed by atoms with E-state index in [4.69, 9.17) is 0 Å². The molecule has 1 atom stereocenters. The molecule has 0 radical (unpaired) electrons. The van der Waals surface area contributed by atoms with Gasteiger partial charge in [0.25, 0.3) is 0 Å². The van der Waals surface area contributed by atoms with Crippen molar-refractivity contribution >= 4 is 15.6 Å². The highest BCUT2D eigenvalue weighted by molar-refractivity contribution is 7.93. The molecule has 0 saturated carbocycles. The van der Waals surface area contributed by atoms with Crippen LogP contribution in [0.4, 0.5) is 0 Å². The van der Waals surface area contributed by atoms with Crippen molar-refractivity contribution in [3.05, 3.63) is 0 Å². The summed E-state index contributed by atoms with van der Waals surface area (Å²) in [6.07, 6.45) is 0.200. The van der Waals surface area contributed by atoms with Crippen LogP contribution in [0, 0.1) is 5.41 Å². The molecule has 0 aromatic rings. The zero-order valence-corrected chi connectivity index (χ0v) is 8.44. The zero-order chi connectivity index (χ0) is 9.57. The van der Waals surface area contributed by atoms with Gasteiger partial charge in [0.15, 0.2) is 9.84 Å². The third kappa shape index (κ3) is 1.68. The second-order valence-electron chi connectivity index (χ2n) is 4.40. The van der Waals surface area contributed by atoms with Crippen molar-refractivity contribution in [2.45, 2.75) is 32.4 Å². The molecule has 1 unspecified atom stereocenters. The molecule has 0 aliphatic carbocycles. The van der Waals surface area contributed by atoms with Crippen LogP contribution in [0.2, 0.25) is 0 Å². The lowest BCUT2D eigenvalue weighted by atomic mass is 9.89. The van der Waals surface area contributed by atoms with E-state index in [9.17, 15) is 13.2 Å². The third-order valence-electron chi connectivity index (χ3n) is 2.17. The number of carbonyl (C=O) groups excluding carboxylic acids is 1. The summed E-state index contributed by atoms with van der Waals surface area (Å²) >= 11 is 0. The Labute approximate surface area is 73.1 Å². The summed E-state index contributed by atoms with van der Waals surface area (Å²) in [6, 6.07) is 0. The largest absolute Gasteiger partial charge is 0.299 e. The average Bonchev–Trinajstić information content (AvgIpc) is 2.02. The Balaban J connectivity index is 3.02. The van der Waals surface area contributed by atoms with Gasteiger partial charge in [-0.25, -0.2) is 8.42 Å². The number of hydrogen-bond acceptors (Lipinski definition) is 3. The van der Waals surface area contributed by atoms with Crippen LogP contribution in [0.5, 0.6) is 0 Å². The number of carbonyl (C=O) groups is 1. The molecule has 3 nitrogen and oxygen atoms in total. The van der Waals surface area contributed by atoms with Crippen molar-refractivity contribution in [1.29, 1.82) is 0 Å². The zero-order valence-electron chi connectivity index (χ0n) is 7.62. The Hall–Kier alpha value is -0.380. The van der Waals surface area contributed by atoms with Gasteiger partial charge in [-0.15, -0.1) is 0 Å². The van der Waals surface area contributed by atoms with Crippen molar-refractivity contribution in [1.82, 2.24) is 0 Å². The second kappa shape index (κ2) is 2.55. The van der Waals surface area contributed by atoms with E-state index in [-0.39, 0.29) is 23.4 Å². The van der Waals surface area contributed by atoms with Crippen LogP contribution >= 0.6 is 0 Å². The predicted octanol–water partition coefficient (Wildman–Crippen LogP) is 0.789. The molecule has 1 saturated heterocycles. The van der Waals surface area contributed by atoms with Gasteiger partial charge < -0.3 is 0 Å². The van der Waals surface area contributed by atoms with Crippen molar-refractivity contribution in [2.75, 3.05) is 5.75 Å². The summed E-state index contributed by atoms with van der Waals surface area (Å²) in [4.78, 5) is 10.9. The van der Waals surface area contributed by atoms with Crippen LogP contribution < -0.4 is 0 Å². The summed E-state index contributed by atoms with van der Waals surface area (Å²) in [6.45, 7) is 5.56. The van der Waals surface area contributed by atoms with Gasteiger partial charge in [0.1, 0.15) is 11.5 Å². The van der Waals surface area contributed by atoms with E-state index in [1.807, 2.05) is 20.8 Å². The normalized spacial score (nSPS) is 29.2. The van der Waals surface area contributed by atoms with Crippen LogP contribution in [0.1, 0.15) is 27.2 Å². The summed E-state index contributed by atoms with van der Waals surface area (Å²) in [5.41, 5.74) is -0.314. The highest BCUT2D eigenvalue weighted by Gasteiger charge is 2.43. The molecule has 1 aliphatic heterocycles. The molecule has 0 bridgehead atoms. The third-order valence-corrected chi connectivity index (χ3v) is 4.64. The molecule has 0 aromatic heterocycles. The molecular weight excluding hydrogens is 176 g/mol. The van der Waals surface area contributed by atoms with Crippen LogP contribution in [0.3, 0.4) is 0 Å². The smallest absolute Gasteiger partial charge is 0.161 e. The maximum absolute atomic E-state index is 11.4. The molecule has 1 aliphatic rings. The number of hydrogen-bond donors (Lipinski definition) is 0. The molecule has 1 rings (SSSR count). The Morgan fingerprint density at radius 2 is 1.83 bits per heavy atom. The molecule has 4 heteroatoms. The highest BCUT2D eigenvalue weighted by atomic mass is 32.2. The topological polar surface area (TPSA) is 51.2 Å². The van der Waals surface area contributed by atoms with Gasteiger partial charge in [-0.3, -0.25) is 4.79 Å². The minimum Gasteiger partial charge on any atom is -0.299 e. The maximum atomic E-state index is 11.4. The fraction of sp³-hybridized carbons (Fsp3) is 0.875. The van der Waals surface area contributed by atoms with Crippen LogP contribution in [0.25, 0.3) is 0 Å². The monoisotopic (exact) mass is 190 g/mol. The van der Waals surface area contributed by atoms with Gasteiger partial charge in [0, 0.05) is 6.42 Å². The number of Topliss-reactive ketones (excluding diaryl/α,β-unsaturated/α-hetero) is 1. The lowest BCUT2D eigenvalue weighted by Gasteiger charge is -2.24. The van der Waals surface area contributed by atoms with E-state index < -0.39 is 15.1 Å². The molecule has 70 valence electrons. The summed E-state index contributed by atoms with van der Waals surface area (Å²) in [7, 11) is -3.14. The first-order valence-corrected chi connectivity index (χ1v) is 5.68. The fourth-order valence-corrected chi connectivity index (χ4v) is 3.85. The molecule has 0 amide bonds. The van der Waals surface area contributed by atoms with Gasteiger partial charge in [-0.2, -0.15) is 0 Å². The van der Waals surface area contributed by atoms with E-state index in [1.54, 1.807) is 0 Å². The van der Waals surface area contributed by atoms with Crippen molar-refractivity contribution in [3.63, 3.8) is 0 Å². The van der Waals surface area contributed by atoms with Gasteiger partial charge >= 0.3 is 0 Å². The minimum atomic E-state index is -3.14. The molecular formula is C8H14O3S. The van der Waals surface area contributed by atoms with E-state index in [2.05, 4.69) is 0 Å². The van der Waals surface area contributed by atoms with Crippen molar-refractivity contribution in [2.24, 2.45) is 5.41 Å². The molecule has 1 heterocycles. The quantitative estimate of drug-likeness (QED) is 0.567. The van der Waals surface area contributed by atoms with E-state index in [1.165, 1.54) is 0 Å². The summed E-state index contributed by atoms with van der Waals surface area (Å²) < 4.78 is 22.8. The van der Waals surface area contributed by atoms with Gasteiger partial charge in [-0.05, 0) is 5.41 Å². The van der Waals surface area contributed by atoms with Gasteiger partial charge in [0.05, 0.1) is 5.25 Å². The first-order valence-electron chi connectivity index (χ1n) is 3.97. The summed E-state index contributed by atoms with van der Waals surface area (Å²) in [5, 5.41) is -0.475. The van der Waals surface area contributed by atoms with E-state index in [0.717, 1.165) is 0 Å². The first kappa shape index (κ1) is 9.71. The van der Waals surface area contributed by atoms with Gasteiger partial charge in [-0.1, -0.05) is 20.8 Å². The second-order valence-corrected chi connectivity index (χ2v) is 6.59. The number of sulfone groups is 1. The lowest BCUT2D eigenvalue weighted by molar-refractivity contribution is -0.116. The van der Waals surface area contributed by atoms with Crippen LogP contribution in [0.15, 0.2) is 0 Å². The molecule has 0 N–H and O–H groups in total. The summed E-state index contributed by atoms with van der Waals surface area (Å²) in [5.74, 6) is -0.399. The Kier molecular flexibility index (Phi) is 2.07. The number of rotatable bonds is 0. The van der Waals surface area contributed by atoms with Crippen molar-refractivity contribution < 1.29 is 13.2 Å². The lowest BCUT2D eigenvalue weighted by Crippen LogP contribution is -2.30. The molecule has 1 fully saturated rings. The predicted molar refractivity (Wildman–Crippen MR) is 46.7 cm³/mol. The fourth-order valence-electron chi connectivity index (χ4n) is 1.56.